The highest BCUT2D eigenvalue weighted by atomic mass is 16.2. The highest BCUT2D eigenvalue weighted by molar-refractivity contribution is 5.91. The van der Waals surface area contributed by atoms with Crippen LogP contribution in [0.2, 0.25) is 0 Å². The molecule has 0 atom stereocenters. The average Bonchev–Trinajstić information content (AvgIpc) is 2.87. The van der Waals surface area contributed by atoms with E-state index in [-0.39, 0.29) is 5.91 Å². The van der Waals surface area contributed by atoms with Crippen LogP contribution in [0.5, 0.6) is 0 Å². The van der Waals surface area contributed by atoms with Gasteiger partial charge < -0.3 is 10.2 Å². The lowest BCUT2D eigenvalue weighted by Gasteiger charge is -2.07. The monoisotopic (exact) mass is 246 g/mol. The molecule has 1 N–H and O–H groups in total. The molecule has 2 rings (SSSR count). The first-order valence-corrected chi connectivity index (χ1v) is 5.40. The third-order valence-electron chi connectivity index (χ3n) is 2.31. The van der Waals surface area contributed by atoms with Gasteiger partial charge in [0.25, 0.3) is 5.91 Å². The van der Waals surface area contributed by atoms with E-state index in [4.69, 9.17) is 0 Å². The first-order chi connectivity index (χ1) is 8.61. The van der Waals surface area contributed by atoms with Crippen molar-refractivity contribution in [2.75, 3.05) is 26.5 Å². The second-order valence-corrected chi connectivity index (χ2v) is 3.83. The summed E-state index contributed by atoms with van der Waals surface area (Å²) in [6.07, 6.45) is 3.32. The van der Waals surface area contributed by atoms with Gasteiger partial charge in [0.05, 0.1) is 0 Å². The van der Waals surface area contributed by atoms with Crippen molar-refractivity contribution >= 4 is 11.9 Å². The summed E-state index contributed by atoms with van der Waals surface area (Å²) in [5.74, 6) is 0.965. The number of aromatic nitrogens is 4. The molecule has 2 heterocycles. The molecule has 0 aliphatic rings. The Hall–Kier alpha value is -2.44. The number of carbonyl (C=O) groups excluding carboxylic acids is 1. The number of nitrogens with zero attached hydrogens (tertiary/aromatic N) is 5. The maximum absolute atomic E-state index is 11.7. The lowest BCUT2D eigenvalue weighted by molar-refractivity contribution is 0.0821. The molecular weight excluding hydrogens is 232 g/mol. The van der Waals surface area contributed by atoms with Crippen LogP contribution >= 0.6 is 0 Å². The lowest BCUT2D eigenvalue weighted by Crippen LogP contribution is -2.22. The Morgan fingerprint density at radius 3 is 2.83 bits per heavy atom. The van der Waals surface area contributed by atoms with Gasteiger partial charge in [0, 0.05) is 39.6 Å². The first-order valence-electron chi connectivity index (χ1n) is 5.40. The molecular formula is C11H14N6O. The Kier molecular flexibility index (Phi) is 3.22. The van der Waals surface area contributed by atoms with E-state index >= 15 is 0 Å². The molecule has 94 valence electrons. The molecule has 7 nitrogen and oxygen atoms in total. The Labute approximate surface area is 104 Å². The van der Waals surface area contributed by atoms with Gasteiger partial charge >= 0.3 is 0 Å². The molecule has 7 heteroatoms. The number of hydrogen-bond donors (Lipinski definition) is 1. The summed E-state index contributed by atoms with van der Waals surface area (Å²) in [4.78, 5) is 21.4. The van der Waals surface area contributed by atoms with Gasteiger partial charge in [0.15, 0.2) is 11.5 Å². The van der Waals surface area contributed by atoms with Crippen molar-refractivity contribution in [3.8, 4) is 5.82 Å². The van der Waals surface area contributed by atoms with Crippen LogP contribution < -0.4 is 5.32 Å². The van der Waals surface area contributed by atoms with Crippen LogP contribution in [-0.2, 0) is 0 Å². The fraction of sp³-hybridized carbons (Fsp3) is 0.273. The Bertz CT molecular complexity index is 562. The van der Waals surface area contributed by atoms with E-state index in [1.54, 1.807) is 50.4 Å². The SMILES string of the molecule is CNc1nccc(-n2ccc(C(=O)N(C)C)n2)n1. The fourth-order valence-corrected chi connectivity index (χ4v) is 1.39. The maximum Gasteiger partial charge on any atom is 0.273 e. The average molecular weight is 246 g/mol. The number of rotatable bonds is 3. The van der Waals surface area contributed by atoms with Crippen LogP contribution in [0.1, 0.15) is 10.5 Å². The highest BCUT2D eigenvalue weighted by Crippen LogP contribution is 2.07. The zero-order chi connectivity index (χ0) is 13.1. The van der Waals surface area contributed by atoms with Gasteiger partial charge in [0.2, 0.25) is 5.95 Å². The van der Waals surface area contributed by atoms with E-state index in [2.05, 4.69) is 20.4 Å². The van der Waals surface area contributed by atoms with Crippen LogP contribution in [0.4, 0.5) is 5.95 Å². The van der Waals surface area contributed by atoms with Gasteiger partial charge in [-0.1, -0.05) is 0 Å². The number of anilines is 1. The van der Waals surface area contributed by atoms with Crippen molar-refractivity contribution < 1.29 is 4.79 Å². The topological polar surface area (TPSA) is 75.9 Å². The number of carbonyl (C=O) groups is 1. The highest BCUT2D eigenvalue weighted by Gasteiger charge is 2.12. The Morgan fingerprint density at radius 1 is 1.39 bits per heavy atom. The van der Waals surface area contributed by atoms with E-state index < -0.39 is 0 Å². The predicted molar refractivity (Wildman–Crippen MR) is 66.7 cm³/mol. The third-order valence-corrected chi connectivity index (χ3v) is 2.31. The van der Waals surface area contributed by atoms with Crippen molar-refractivity contribution in [1.29, 1.82) is 0 Å². The fourth-order valence-electron chi connectivity index (χ4n) is 1.39. The summed E-state index contributed by atoms with van der Waals surface area (Å²) in [7, 11) is 5.11. The second kappa shape index (κ2) is 4.82. The van der Waals surface area contributed by atoms with Crippen molar-refractivity contribution in [2.24, 2.45) is 0 Å². The molecule has 0 bridgehead atoms. The molecule has 2 aromatic rings. The van der Waals surface area contributed by atoms with Gasteiger partial charge in [-0.2, -0.15) is 10.1 Å². The Balaban J connectivity index is 2.32. The summed E-state index contributed by atoms with van der Waals surface area (Å²) in [5.41, 5.74) is 0.379. The summed E-state index contributed by atoms with van der Waals surface area (Å²) in [6.45, 7) is 0. The van der Waals surface area contributed by atoms with Crippen molar-refractivity contribution in [3.63, 3.8) is 0 Å². The largest absolute Gasteiger partial charge is 0.357 e. The van der Waals surface area contributed by atoms with E-state index in [0.717, 1.165) is 0 Å². The van der Waals surface area contributed by atoms with Gasteiger partial charge in [-0.3, -0.25) is 4.79 Å². The summed E-state index contributed by atoms with van der Waals surface area (Å²) >= 11 is 0. The van der Waals surface area contributed by atoms with Gasteiger partial charge in [-0.15, -0.1) is 0 Å². The van der Waals surface area contributed by atoms with Crippen LogP contribution in [0.15, 0.2) is 24.5 Å². The molecule has 0 radical (unpaired) electrons. The molecule has 18 heavy (non-hydrogen) atoms. The van der Waals surface area contributed by atoms with E-state index in [1.807, 2.05) is 0 Å². The molecule has 0 fully saturated rings. The third kappa shape index (κ3) is 2.29. The van der Waals surface area contributed by atoms with E-state index in [0.29, 0.717) is 17.5 Å². The Morgan fingerprint density at radius 2 is 2.17 bits per heavy atom. The molecule has 1 amide bonds. The predicted octanol–water partition coefficient (Wildman–Crippen LogP) is 0.406. The number of hydrogen-bond acceptors (Lipinski definition) is 5. The summed E-state index contributed by atoms with van der Waals surface area (Å²) in [5, 5.41) is 7.03. The number of nitrogens with one attached hydrogen (secondary N) is 1. The molecule has 0 aliphatic heterocycles. The van der Waals surface area contributed by atoms with Gasteiger partial charge in [-0.05, 0) is 6.07 Å². The smallest absolute Gasteiger partial charge is 0.273 e. The zero-order valence-corrected chi connectivity index (χ0v) is 10.5. The van der Waals surface area contributed by atoms with Crippen LogP contribution in [0.25, 0.3) is 5.82 Å². The molecule has 0 saturated carbocycles. The molecule has 0 unspecified atom stereocenters. The molecule has 2 aromatic heterocycles. The lowest BCUT2D eigenvalue weighted by atomic mass is 10.4. The van der Waals surface area contributed by atoms with Crippen LogP contribution in [0, 0.1) is 0 Å². The van der Waals surface area contributed by atoms with Crippen molar-refractivity contribution in [1.82, 2.24) is 24.6 Å². The van der Waals surface area contributed by atoms with Gasteiger partial charge in [-0.25, -0.2) is 9.67 Å². The summed E-state index contributed by atoms with van der Waals surface area (Å²) < 4.78 is 1.54. The molecule has 0 aromatic carbocycles. The molecule has 0 saturated heterocycles. The van der Waals surface area contributed by atoms with Gasteiger partial charge in [0.1, 0.15) is 0 Å². The minimum atomic E-state index is -0.142. The van der Waals surface area contributed by atoms with Crippen LogP contribution in [0.3, 0.4) is 0 Å². The molecule has 0 aliphatic carbocycles. The minimum absolute atomic E-state index is 0.142. The van der Waals surface area contributed by atoms with E-state index in [9.17, 15) is 4.79 Å². The second-order valence-electron chi connectivity index (χ2n) is 3.83. The first kappa shape index (κ1) is 12.0. The standard InChI is InChI=1S/C11H14N6O/c1-12-11-13-6-4-9(14-11)17-7-5-8(15-17)10(18)16(2)3/h4-7H,1-3H3,(H,12,13,14). The van der Waals surface area contributed by atoms with E-state index in [1.165, 1.54) is 4.90 Å². The minimum Gasteiger partial charge on any atom is -0.357 e. The normalized spacial score (nSPS) is 10.2. The summed E-state index contributed by atoms with van der Waals surface area (Å²) in [6, 6.07) is 3.38. The maximum atomic E-state index is 11.7. The molecule has 0 spiro atoms. The zero-order valence-electron chi connectivity index (χ0n) is 10.5. The van der Waals surface area contributed by atoms with Crippen molar-refractivity contribution in [3.05, 3.63) is 30.2 Å². The quantitative estimate of drug-likeness (QED) is 0.848. The van der Waals surface area contributed by atoms with Crippen LogP contribution in [-0.4, -0.2) is 51.7 Å². The van der Waals surface area contributed by atoms with Crippen molar-refractivity contribution in [2.45, 2.75) is 0 Å². The number of amides is 1.